The van der Waals surface area contributed by atoms with Crippen LogP contribution in [0, 0.1) is 0 Å². The Morgan fingerprint density at radius 2 is 1.54 bits per heavy atom. The van der Waals surface area contributed by atoms with Crippen LogP contribution in [0.25, 0.3) is 30.9 Å². The molecule has 0 N–H and O–H groups in total. The van der Waals surface area contributed by atoms with Gasteiger partial charge in [0.1, 0.15) is 0 Å². The standard InChI is InChI=1S/C21H17Cl2NOS/c22-9-11-24(12-10-23)17-13-14-5-1-2-6-15(14)21-19(17)20(25)16-7-3-4-8-18(16)26-21/h1-8,13H,9-12H2. The molecule has 0 aliphatic rings. The molecule has 26 heavy (non-hydrogen) atoms. The first kappa shape index (κ1) is 17.6. The number of alkyl halides is 2. The van der Waals surface area contributed by atoms with E-state index in [4.69, 9.17) is 23.2 Å². The molecule has 4 aromatic rings. The summed E-state index contributed by atoms with van der Waals surface area (Å²) in [5.41, 5.74) is 0.997. The molecule has 3 aromatic carbocycles. The minimum Gasteiger partial charge on any atom is -0.368 e. The highest BCUT2D eigenvalue weighted by Crippen LogP contribution is 2.37. The van der Waals surface area contributed by atoms with Crippen molar-refractivity contribution in [2.45, 2.75) is 0 Å². The van der Waals surface area contributed by atoms with Gasteiger partial charge in [0.2, 0.25) is 0 Å². The highest BCUT2D eigenvalue weighted by Gasteiger charge is 2.17. The van der Waals surface area contributed by atoms with Crippen molar-refractivity contribution < 1.29 is 0 Å². The molecule has 1 aromatic heterocycles. The lowest BCUT2D eigenvalue weighted by Gasteiger charge is -2.25. The van der Waals surface area contributed by atoms with Crippen LogP contribution in [0.5, 0.6) is 0 Å². The summed E-state index contributed by atoms with van der Waals surface area (Å²) in [5, 5.41) is 3.76. The summed E-state index contributed by atoms with van der Waals surface area (Å²) in [4.78, 5) is 15.5. The molecule has 0 aliphatic carbocycles. The van der Waals surface area contributed by atoms with Gasteiger partial charge >= 0.3 is 0 Å². The van der Waals surface area contributed by atoms with Crippen LogP contribution in [-0.2, 0) is 0 Å². The number of hydrogen-bond donors (Lipinski definition) is 0. The van der Waals surface area contributed by atoms with E-state index < -0.39 is 0 Å². The molecule has 2 nitrogen and oxygen atoms in total. The van der Waals surface area contributed by atoms with Crippen LogP contribution in [0.3, 0.4) is 0 Å². The second-order valence-electron chi connectivity index (χ2n) is 6.11. The molecular formula is C21H17Cl2NOS. The Labute approximate surface area is 165 Å². The van der Waals surface area contributed by atoms with Gasteiger partial charge in [-0.3, -0.25) is 4.79 Å². The topological polar surface area (TPSA) is 20.3 Å². The third kappa shape index (κ3) is 2.94. The highest BCUT2D eigenvalue weighted by molar-refractivity contribution is 7.25. The van der Waals surface area contributed by atoms with Crippen molar-refractivity contribution in [3.05, 3.63) is 64.8 Å². The van der Waals surface area contributed by atoms with Crippen molar-refractivity contribution in [2.75, 3.05) is 29.7 Å². The second kappa shape index (κ2) is 7.43. The van der Waals surface area contributed by atoms with Crippen molar-refractivity contribution in [1.82, 2.24) is 0 Å². The fourth-order valence-electron chi connectivity index (χ4n) is 3.42. The maximum absolute atomic E-state index is 13.4. The quantitative estimate of drug-likeness (QED) is 0.237. The SMILES string of the molecule is O=c1c2ccccc2sc2c1c(N(CCCl)CCCl)cc1ccccc12. The smallest absolute Gasteiger partial charge is 0.197 e. The van der Waals surface area contributed by atoms with Crippen molar-refractivity contribution in [2.24, 2.45) is 0 Å². The lowest BCUT2D eigenvalue weighted by Crippen LogP contribution is -2.28. The van der Waals surface area contributed by atoms with Gasteiger partial charge in [-0.05, 0) is 29.0 Å². The van der Waals surface area contributed by atoms with Crippen molar-refractivity contribution >= 4 is 71.2 Å². The molecule has 0 radical (unpaired) electrons. The number of anilines is 1. The van der Waals surface area contributed by atoms with Crippen molar-refractivity contribution in [3.63, 3.8) is 0 Å². The first-order valence-corrected chi connectivity index (χ1v) is 10.4. The molecule has 0 atom stereocenters. The van der Waals surface area contributed by atoms with E-state index in [2.05, 4.69) is 23.1 Å². The third-order valence-corrected chi connectivity index (χ3v) is 6.14. The summed E-state index contributed by atoms with van der Waals surface area (Å²) in [6.07, 6.45) is 0. The average Bonchev–Trinajstić information content (AvgIpc) is 2.67. The molecule has 0 bridgehead atoms. The molecule has 0 saturated heterocycles. The molecule has 0 spiro atoms. The first-order valence-electron chi connectivity index (χ1n) is 8.49. The molecule has 5 heteroatoms. The molecule has 0 amide bonds. The van der Waals surface area contributed by atoms with Crippen LogP contribution in [0.1, 0.15) is 0 Å². The largest absolute Gasteiger partial charge is 0.368 e. The molecule has 0 aliphatic heterocycles. The lowest BCUT2D eigenvalue weighted by molar-refractivity contribution is 0.879. The van der Waals surface area contributed by atoms with E-state index in [0.717, 1.165) is 36.6 Å². The highest BCUT2D eigenvalue weighted by atomic mass is 35.5. The number of nitrogens with zero attached hydrogens (tertiary/aromatic N) is 1. The zero-order valence-electron chi connectivity index (χ0n) is 14.0. The van der Waals surface area contributed by atoms with E-state index in [1.54, 1.807) is 11.3 Å². The van der Waals surface area contributed by atoms with Crippen molar-refractivity contribution in [1.29, 1.82) is 0 Å². The van der Waals surface area contributed by atoms with E-state index in [1.165, 1.54) is 0 Å². The van der Waals surface area contributed by atoms with Gasteiger partial charge in [0, 0.05) is 39.6 Å². The normalized spacial score (nSPS) is 11.5. The molecular weight excluding hydrogens is 385 g/mol. The maximum atomic E-state index is 13.4. The van der Waals surface area contributed by atoms with Crippen LogP contribution < -0.4 is 10.3 Å². The predicted molar refractivity (Wildman–Crippen MR) is 117 cm³/mol. The van der Waals surface area contributed by atoms with Crippen molar-refractivity contribution in [3.8, 4) is 0 Å². The van der Waals surface area contributed by atoms with Crippen LogP contribution >= 0.6 is 34.5 Å². The summed E-state index contributed by atoms with van der Waals surface area (Å²) in [6, 6.07) is 18.1. The number of hydrogen-bond acceptors (Lipinski definition) is 3. The van der Waals surface area contributed by atoms with Crippen LogP contribution in [0.4, 0.5) is 5.69 Å². The molecule has 0 unspecified atom stereocenters. The monoisotopic (exact) mass is 401 g/mol. The van der Waals surface area contributed by atoms with Gasteiger partial charge in [-0.25, -0.2) is 0 Å². The Balaban J connectivity index is 2.18. The predicted octanol–water partition coefficient (Wildman–Crippen LogP) is 5.85. The number of halogens is 2. The fourth-order valence-corrected chi connectivity index (χ4v) is 5.06. The first-order chi connectivity index (χ1) is 12.7. The van der Waals surface area contributed by atoms with E-state index in [1.807, 2.05) is 36.4 Å². The van der Waals surface area contributed by atoms with Gasteiger partial charge in [0.25, 0.3) is 0 Å². The van der Waals surface area contributed by atoms with Gasteiger partial charge in [0.15, 0.2) is 5.43 Å². The van der Waals surface area contributed by atoms with E-state index >= 15 is 0 Å². The third-order valence-electron chi connectivity index (χ3n) is 4.60. The molecule has 0 saturated carbocycles. The molecule has 4 rings (SSSR count). The van der Waals surface area contributed by atoms with Gasteiger partial charge in [-0.2, -0.15) is 0 Å². The van der Waals surface area contributed by atoms with Crippen LogP contribution in [0.2, 0.25) is 0 Å². The second-order valence-corrected chi connectivity index (χ2v) is 7.92. The summed E-state index contributed by atoms with van der Waals surface area (Å²) in [7, 11) is 0. The van der Waals surface area contributed by atoms with Gasteiger partial charge < -0.3 is 4.90 Å². The minimum absolute atomic E-state index is 0.0734. The lowest BCUT2D eigenvalue weighted by atomic mass is 10.0. The Bertz CT molecular complexity index is 1150. The average molecular weight is 402 g/mol. The Hall–Kier alpha value is -1.81. The number of benzene rings is 3. The van der Waals surface area contributed by atoms with Gasteiger partial charge in [-0.15, -0.1) is 34.5 Å². The molecule has 0 fully saturated rings. The summed E-state index contributed by atoms with van der Waals surface area (Å²) in [5.74, 6) is 0.965. The zero-order chi connectivity index (χ0) is 18.1. The maximum Gasteiger partial charge on any atom is 0.197 e. The summed E-state index contributed by atoms with van der Waals surface area (Å²) < 4.78 is 2.03. The molecule has 1 heterocycles. The Morgan fingerprint density at radius 3 is 2.27 bits per heavy atom. The Kier molecular flexibility index (Phi) is 5.03. The van der Waals surface area contributed by atoms with E-state index in [9.17, 15) is 4.79 Å². The minimum atomic E-state index is 0.0734. The van der Waals surface area contributed by atoms with Gasteiger partial charge in [0.05, 0.1) is 11.1 Å². The zero-order valence-corrected chi connectivity index (χ0v) is 16.4. The fraction of sp³-hybridized carbons (Fsp3) is 0.190. The molecule has 132 valence electrons. The summed E-state index contributed by atoms with van der Waals surface area (Å²) >= 11 is 13.7. The summed E-state index contributed by atoms with van der Waals surface area (Å²) in [6.45, 7) is 1.30. The van der Waals surface area contributed by atoms with E-state index in [-0.39, 0.29) is 5.43 Å². The number of fused-ring (bicyclic) bond motifs is 4. The Morgan fingerprint density at radius 1 is 0.885 bits per heavy atom. The van der Waals surface area contributed by atoms with Crippen LogP contribution in [0.15, 0.2) is 59.4 Å². The number of rotatable bonds is 5. The van der Waals surface area contributed by atoms with Gasteiger partial charge in [-0.1, -0.05) is 36.4 Å². The van der Waals surface area contributed by atoms with E-state index in [0.29, 0.717) is 24.8 Å². The van der Waals surface area contributed by atoms with Crippen LogP contribution in [-0.4, -0.2) is 24.8 Å².